The molecule has 1 amide bonds. The number of nitrogens with one attached hydrogen (secondary N) is 1. The third-order valence-electron chi connectivity index (χ3n) is 4.42. The number of fused-ring (bicyclic) bond motifs is 1. The van der Waals surface area contributed by atoms with E-state index in [1.807, 2.05) is 20.8 Å². The molecule has 0 aromatic carbocycles. The van der Waals surface area contributed by atoms with Crippen molar-refractivity contribution in [3.05, 3.63) is 0 Å². The van der Waals surface area contributed by atoms with Crippen molar-refractivity contribution in [3.63, 3.8) is 0 Å². The Labute approximate surface area is 98.2 Å². The maximum Gasteiger partial charge on any atom is 0.237 e. The first-order chi connectivity index (χ1) is 7.35. The van der Waals surface area contributed by atoms with E-state index >= 15 is 0 Å². The fourth-order valence-electron chi connectivity index (χ4n) is 2.92. The summed E-state index contributed by atoms with van der Waals surface area (Å²) in [6.45, 7) is 6.86. The van der Waals surface area contributed by atoms with Gasteiger partial charge in [0.05, 0.1) is 6.04 Å². The van der Waals surface area contributed by atoms with Crippen LogP contribution in [0, 0.1) is 16.7 Å². The Morgan fingerprint density at radius 3 is 2.69 bits per heavy atom. The van der Waals surface area contributed by atoms with Crippen LogP contribution in [0.2, 0.25) is 0 Å². The molecule has 2 rings (SSSR count). The SMILES string of the molecule is CC(C)(C)[C@H](N)C(=O)NC[C@@]12CCC[C@@H]1C2. The first-order valence-electron chi connectivity index (χ1n) is 6.38. The Hall–Kier alpha value is -0.570. The van der Waals surface area contributed by atoms with E-state index in [9.17, 15) is 4.79 Å². The second kappa shape index (κ2) is 3.73. The summed E-state index contributed by atoms with van der Waals surface area (Å²) in [5, 5.41) is 3.05. The average Bonchev–Trinajstić information content (AvgIpc) is 2.75. The van der Waals surface area contributed by atoms with Gasteiger partial charge in [-0.25, -0.2) is 0 Å². The molecule has 92 valence electrons. The molecule has 0 aromatic heterocycles. The zero-order chi connectivity index (χ0) is 12.0. The Kier molecular flexibility index (Phi) is 2.77. The molecule has 16 heavy (non-hydrogen) atoms. The summed E-state index contributed by atoms with van der Waals surface area (Å²) in [6, 6.07) is -0.400. The fourth-order valence-corrected chi connectivity index (χ4v) is 2.92. The number of rotatable bonds is 3. The molecule has 0 bridgehead atoms. The largest absolute Gasteiger partial charge is 0.354 e. The van der Waals surface area contributed by atoms with Gasteiger partial charge in [0, 0.05) is 6.54 Å². The Balaban J connectivity index is 1.80. The second-order valence-corrected chi connectivity index (χ2v) is 6.72. The van der Waals surface area contributed by atoms with Crippen LogP contribution in [-0.2, 0) is 4.79 Å². The zero-order valence-electron chi connectivity index (χ0n) is 10.7. The summed E-state index contributed by atoms with van der Waals surface area (Å²) < 4.78 is 0. The molecule has 3 N–H and O–H groups in total. The molecule has 3 heteroatoms. The third kappa shape index (κ3) is 2.10. The molecule has 0 saturated heterocycles. The van der Waals surface area contributed by atoms with Gasteiger partial charge in [-0.15, -0.1) is 0 Å². The van der Waals surface area contributed by atoms with Gasteiger partial charge >= 0.3 is 0 Å². The zero-order valence-corrected chi connectivity index (χ0v) is 10.7. The van der Waals surface area contributed by atoms with Gasteiger partial charge in [0.15, 0.2) is 0 Å². The topological polar surface area (TPSA) is 55.1 Å². The molecule has 2 fully saturated rings. The molecular weight excluding hydrogens is 200 g/mol. The monoisotopic (exact) mass is 224 g/mol. The molecule has 2 saturated carbocycles. The minimum atomic E-state index is -0.400. The van der Waals surface area contributed by atoms with Crippen molar-refractivity contribution in [2.75, 3.05) is 6.54 Å². The highest BCUT2D eigenvalue weighted by Crippen LogP contribution is 2.63. The van der Waals surface area contributed by atoms with E-state index in [4.69, 9.17) is 5.73 Å². The first-order valence-corrected chi connectivity index (χ1v) is 6.38. The molecular formula is C13H24N2O. The van der Waals surface area contributed by atoms with Crippen molar-refractivity contribution >= 4 is 5.91 Å². The molecule has 0 heterocycles. The summed E-state index contributed by atoms with van der Waals surface area (Å²) in [5.41, 5.74) is 6.24. The lowest BCUT2D eigenvalue weighted by Crippen LogP contribution is -2.49. The van der Waals surface area contributed by atoms with Crippen LogP contribution in [-0.4, -0.2) is 18.5 Å². The van der Waals surface area contributed by atoms with E-state index in [1.54, 1.807) is 0 Å². The van der Waals surface area contributed by atoms with Crippen molar-refractivity contribution in [2.45, 2.75) is 52.5 Å². The van der Waals surface area contributed by atoms with E-state index in [1.165, 1.54) is 25.7 Å². The van der Waals surface area contributed by atoms with E-state index < -0.39 is 6.04 Å². The van der Waals surface area contributed by atoms with Gasteiger partial charge in [0.25, 0.3) is 0 Å². The van der Waals surface area contributed by atoms with Crippen molar-refractivity contribution in [3.8, 4) is 0 Å². The highest BCUT2D eigenvalue weighted by molar-refractivity contribution is 5.82. The molecule has 2 aliphatic rings. The van der Waals surface area contributed by atoms with Crippen LogP contribution in [0.5, 0.6) is 0 Å². The predicted octanol–water partition coefficient (Wildman–Crippen LogP) is 1.67. The molecule has 0 aromatic rings. The van der Waals surface area contributed by atoms with Crippen LogP contribution in [0.4, 0.5) is 0 Å². The van der Waals surface area contributed by atoms with Crippen molar-refractivity contribution < 1.29 is 4.79 Å². The molecule has 3 nitrogen and oxygen atoms in total. The van der Waals surface area contributed by atoms with Gasteiger partial charge in [-0.05, 0) is 36.0 Å². The number of amides is 1. The molecule has 2 aliphatic carbocycles. The smallest absolute Gasteiger partial charge is 0.237 e. The predicted molar refractivity (Wildman–Crippen MR) is 64.8 cm³/mol. The summed E-state index contributed by atoms with van der Waals surface area (Å²) in [7, 11) is 0. The van der Waals surface area contributed by atoms with Crippen LogP contribution in [0.15, 0.2) is 0 Å². The van der Waals surface area contributed by atoms with Gasteiger partial charge < -0.3 is 11.1 Å². The second-order valence-electron chi connectivity index (χ2n) is 6.72. The lowest BCUT2D eigenvalue weighted by molar-refractivity contribution is -0.124. The molecule has 0 unspecified atom stereocenters. The highest BCUT2D eigenvalue weighted by atomic mass is 16.2. The summed E-state index contributed by atoms with van der Waals surface area (Å²) in [6.07, 6.45) is 5.31. The number of carbonyl (C=O) groups excluding carboxylic acids is 1. The number of carbonyl (C=O) groups is 1. The molecule has 3 atom stereocenters. The highest BCUT2D eigenvalue weighted by Gasteiger charge is 2.56. The van der Waals surface area contributed by atoms with Crippen LogP contribution < -0.4 is 11.1 Å². The van der Waals surface area contributed by atoms with Crippen molar-refractivity contribution in [2.24, 2.45) is 22.5 Å². The van der Waals surface area contributed by atoms with Crippen LogP contribution in [0.25, 0.3) is 0 Å². The number of hydrogen-bond donors (Lipinski definition) is 2. The lowest BCUT2D eigenvalue weighted by Gasteiger charge is -2.26. The molecule has 0 aliphatic heterocycles. The van der Waals surface area contributed by atoms with Gasteiger partial charge in [-0.3, -0.25) is 4.79 Å². The maximum absolute atomic E-state index is 11.9. The van der Waals surface area contributed by atoms with Gasteiger partial charge in [0.1, 0.15) is 0 Å². The molecule has 0 radical (unpaired) electrons. The Bertz CT molecular complexity index is 295. The van der Waals surface area contributed by atoms with Crippen LogP contribution in [0.1, 0.15) is 46.5 Å². The van der Waals surface area contributed by atoms with Crippen molar-refractivity contribution in [1.82, 2.24) is 5.32 Å². The first kappa shape index (κ1) is 11.9. The number of hydrogen-bond acceptors (Lipinski definition) is 2. The van der Waals surface area contributed by atoms with E-state index in [0.29, 0.717) is 5.41 Å². The Morgan fingerprint density at radius 1 is 1.56 bits per heavy atom. The maximum atomic E-state index is 11.9. The quantitative estimate of drug-likeness (QED) is 0.766. The van der Waals surface area contributed by atoms with Gasteiger partial charge in [0.2, 0.25) is 5.91 Å². The lowest BCUT2D eigenvalue weighted by atomic mass is 9.87. The molecule has 0 spiro atoms. The number of nitrogens with two attached hydrogens (primary N) is 1. The summed E-state index contributed by atoms with van der Waals surface area (Å²) in [4.78, 5) is 11.9. The minimum Gasteiger partial charge on any atom is -0.354 e. The van der Waals surface area contributed by atoms with E-state index in [-0.39, 0.29) is 11.3 Å². The standard InChI is InChI=1S/C13H24N2O/c1-12(2,3)10(14)11(16)15-8-13-6-4-5-9(13)7-13/h9-10H,4-8,14H2,1-3H3,(H,15,16)/t9-,10-,13+/m1/s1. The van der Waals surface area contributed by atoms with Crippen molar-refractivity contribution in [1.29, 1.82) is 0 Å². The van der Waals surface area contributed by atoms with E-state index in [0.717, 1.165) is 12.5 Å². The average molecular weight is 224 g/mol. The fraction of sp³-hybridized carbons (Fsp3) is 0.923. The van der Waals surface area contributed by atoms with E-state index in [2.05, 4.69) is 5.32 Å². The normalized spacial score (nSPS) is 34.4. The third-order valence-corrected chi connectivity index (χ3v) is 4.42. The van der Waals surface area contributed by atoms with Crippen LogP contribution >= 0.6 is 0 Å². The summed E-state index contributed by atoms with van der Waals surface area (Å²) >= 11 is 0. The summed E-state index contributed by atoms with van der Waals surface area (Å²) in [5.74, 6) is 0.901. The van der Waals surface area contributed by atoms with Gasteiger partial charge in [-0.2, -0.15) is 0 Å². The van der Waals surface area contributed by atoms with Crippen LogP contribution in [0.3, 0.4) is 0 Å². The van der Waals surface area contributed by atoms with Gasteiger partial charge in [-0.1, -0.05) is 27.2 Å². The minimum absolute atomic E-state index is 0.0134. The Morgan fingerprint density at radius 2 is 2.25 bits per heavy atom.